The maximum absolute atomic E-state index is 12.7. The number of ether oxygens (including phenoxy) is 1. The number of carbonyl (C=O) groups is 6. The first-order chi connectivity index (χ1) is 19.3. The van der Waals surface area contributed by atoms with E-state index in [1.807, 2.05) is 0 Å². The highest BCUT2D eigenvalue weighted by Crippen LogP contribution is 2.20. The predicted molar refractivity (Wildman–Crippen MR) is 141 cm³/mol. The summed E-state index contributed by atoms with van der Waals surface area (Å²) in [4.78, 5) is 85.0. The molecule has 0 saturated carbocycles. The first kappa shape index (κ1) is 32.6. The van der Waals surface area contributed by atoms with Crippen LogP contribution < -0.4 is 26.4 Å². The van der Waals surface area contributed by atoms with E-state index in [9.17, 15) is 38.9 Å². The third kappa shape index (κ3) is 10.1. The summed E-state index contributed by atoms with van der Waals surface area (Å²) < 4.78 is 4.98. The molecule has 41 heavy (non-hydrogen) atoms. The van der Waals surface area contributed by atoms with E-state index in [0.29, 0.717) is 19.4 Å². The van der Waals surface area contributed by atoms with Gasteiger partial charge in [0.25, 0.3) is 5.69 Å². The van der Waals surface area contributed by atoms with Crippen LogP contribution in [-0.4, -0.2) is 88.3 Å². The van der Waals surface area contributed by atoms with E-state index < -0.39 is 72.2 Å². The van der Waals surface area contributed by atoms with Crippen molar-refractivity contribution in [1.29, 1.82) is 0 Å². The average molecular weight is 579 g/mol. The molecule has 1 aliphatic rings. The first-order valence-corrected chi connectivity index (χ1v) is 12.9. The van der Waals surface area contributed by atoms with Gasteiger partial charge in [-0.15, -0.1) is 0 Å². The van der Waals surface area contributed by atoms with Gasteiger partial charge in [0, 0.05) is 25.1 Å². The Bertz CT molecular complexity index is 1160. The lowest BCUT2D eigenvalue weighted by Crippen LogP contribution is -2.54. The fourth-order valence-corrected chi connectivity index (χ4v) is 3.93. The molecule has 4 amide bonds. The number of nitrogens with one attached hydrogen (secondary N) is 3. The van der Waals surface area contributed by atoms with Crippen molar-refractivity contribution in [2.75, 3.05) is 19.6 Å². The van der Waals surface area contributed by atoms with Gasteiger partial charge in [-0.3, -0.25) is 34.1 Å². The summed E-state index contributed by atoms with van der Waals surface area (Å²) in [5.41, 5.74) is 5.72. The molecule has 2 rings (SSSR count). The number of amides is 4. The molecule has 0 radical (unpaired) electrons. The number of rotatable bonds is 14. The number of nitro groups is 1. The van der Waals surface area contributed by atoms with Crippen molar-refractivity contribution < 1.29 is 43.5 Å². The minimum atomic E-state index is -1.35. The lowest BCUT2D eigenvalue weighted by atomic mass is 10.0. The topological polar surface area (TPSA) is 240 Å². The van der Waals surface area contributed by atoms with Crippen LogP contribution in [0, 0.1) is 16.0 Å². The summed E-state index contributed by atoms with van der Waals surface area (Å²) in [6, 6.07) is 1.72. The van der Waals surface area contributed by atoms with Crippen LogP contribution in [0.2, 0.25) is 0 Å². The highest BCUT2D eigenvalue weighted by Gasteiger charge is 2.37. The van der Waals surface area contributed by atoms with Gasteiger partial charge in [-0.25, -0.2) is 4.79 Å². The molecular weight excluding hydrogens is 544 g/mol. The van der Waals surface area contributed by atoms with Crippen LogP contribution in [0.5, 0.6) is 5.75 Å². The Balaban J connectivity index is 1.90. The number of likely N-dealkylation sites (tertiary alicyclic amines) is 1. The van der Waals surface area contributed by atoms with E-state index in [2.05, 4.69) is 16.0 Å². The lowest BCUT2D eigenvalue weighted by molar-refractivity contribution is -0.384. The molecule has 16 heteroatoms. The number of nitrogens with zero attached hydrogens (tertiary/aromatic N) is 2. The number of esters is 1. The van der Waals surface area contributed by atoms with Crippen molar-refractivity contribution in [2.24, 2.45) is 11.7 Å². The Morgan fingerprint density at radius 2 is 1.78 bits per heavy atom. The number of nitrogens with two attached hydrogens (primary N) is 1. The number of nitro benzene ring substituents is 1. The molecular formula is C25H34N6O10. The van der Waals surface area contributed by atoms with Gasteiger partial charge in [0.05, 0.1) is 17.5 Å². The van der Waals surface area contributed by atoms with Crippen molar-refractivity contribution in [1.82, 2.24) is 20.9 Å². The fraction of sp³-hybridized carbons (Fsp3) is 0.520. The van der Waals surface area contributed by atoms with Gasteiger partial charge >= 0.3 is 11.9 Å². The van der Waals surface area contributed by atoms with Crippen LogP contribution in [0.15, 0.2) is 24.3 Å². The Labute approximate surface area is 235 Å². The number of aliphatic carboxylic acids is 1. The second-order valence-electron chi connectivity index (χ2n) is 9.67. The summed E-state index contributed by atoms with van der Waals surface area (Å²) in [6.45, 7) is 2.74. The third-order valence-electron chi connectivity index (χ3n) is 6.25. The number of carboxylic acids is 1. The van der Waals surface area contributed by atoms with Gasteiger partial charge < -0.3 is 36.4 Å². The second kappa shape index (κ2) is 15.3. The summed E-state index contributed by atoms with van der Waals surface area (Å²) in [5, 5.41) is 26.7. The van der Waals surface area contributed by atoms with Crippen molar-refractivity contribution in [3.05, 3.63) is 34.4 Å². The van der Waals surface area contributed by atoms with Gasteiger partial charge in [0.15, 0.2) is 0 Å². The van der Waals surface area contributed by atoms with Gasteiger partial charge in [-0.05, 0) is 37.3 Å². The molecule has 1 fully saturated rings. The molecule has 6 N–H and O–H groups in total. The number of hydrogen-bond donors (Lipinski definition) is 5. The largest absolute Gasteiger partial charge is 0.481 e. The van der Waals surface area contributed by atoms with Crippen LogP contribution >= 0.6 is 0 Å². The molecule has 1 aromatic rings. The Hall–Kier alpha value is -4.60. The van der Waals surface area contributed by atoms with Gasteiger partial charge in [0.1, 0.15) is 24.4 Å². The molecule has 0 aromatic heterocycles. The van der Waals surface area contributed by atoms with Crippen LogP contribution in [0.4, 0.5) is 5.69 Å². The van der Waals surface area contributed by atoms with E-state index in [-0.39, 0.29) is 29.7 Å². The molecule has 0 unspecified atom stereocenters. The highest BCUT2D eigenvalue weighted by molar-refractivity contribution is 5.94. The van der Waals surface area contributed by atoms with Gasteiger partial charge in [-0.1, -0.05) is 13.8 Å². The quantitative estimate of drug-likeness (QED) is 0.0780. The van der Waals surface area contributed by atoms with E-state index in [0.717, 1.165) is 12.1 Å². The van der Waals surface area contributed by atoms with Crippen LogP contribution in [0.3, 0.4) is 0 Å². The molecule has 1 aliphatic heterocycles. The standard InChI is InChI=1S/C25H34N6O10/c1-14(2)22(26)25(38)30-11-3-4-18(30)24(37)27-12-19(32)29-17(9-10-20(33)34)23(36)28-13-21(35)41-16-7-5-15(6-8-16)31(39)40/h5-8,14,17-18,22H,3-4,9-13,26H2,1-2H3,(H,27,37)(H,28,36)(H,29,32)(H,33,34)/t17-,18-,22-/m0/s1. The summed E-state index contributed by atoms with van der Waals surface area (Å²) in [7, 11) is 0. The Kier molecular flexibility index (Phi) is 12.1. The minimum absolute atomic E-state index is 0.00459. The molecule has 0 aliphatic carbocycles. The lowest BCUT2D eigenvalue weighted by Gasteiger charge is -2.28. The number of non-ortho nitro benzene ring substituents is 1. The first-order valence-electron chi connectivity index (χ1n) is 12.9. The van der Waals surface area contributed by atoms with Crippen LogP contribution in [-0.2, 0) is 28.8 Å². The summed E-state index contributed by atoms with van der Waals surface area (Å²) in [6.07, 6.45) is 0.192. The van der Waals surface area contributed by atoms with Gasteiger partial charge in [-0.2, -0.15) is 0 Å². The van der Waals surface area contributed by atoms with Crippen LogP contribution in [0.1, 0.15) is 39.5 Å². The van der Waals surface area contributed by atoms with Crippen LogP contribution in [0.25, 0.3) is 0 Å². The second-order valence-corrected chi connectivity index (χ2v) is 9.67. The Morgan fingerprint density at radius 1 is 1.12 bits per heavy atom. The zero-order chi connectivity index (χ0) is 30.7. The molecule has 224 valence electrons. The molecule has 3 atom stereocenters. The fourth-order valence-electron chi connectivity index (χ4n) is 3.93. The van der Waals surface area contributed by atoms with Crippen molar-refractivity contribution in [2.45, 2.75) is 57.7 Å². The molecule has 1 heterocycles. The number of benzene rings is 1. The highest BCUT2D eigenvalue weighted by atomic mass is 16.6. The maximum atomic E-state index is 12.7. The average Bonchev–Trinajstić information content (AvgIpc) is 3.42. The third-order valence-corrected chi connectivity index (χ3v) is 6.25. The van der Waals surface area contributed by atoms with E-state index in [1.54, 1.807) is 13.8 Å². The van der Waals surface area contributed by atoms with E-state index >= 15 is 0 Å². The number of hydrogen-bond acceptors (Lipinski definition) is 10. The monoisotopic (exact) mass is 578 g/mol. The molecule has 1 aromatic carbocycles. The van der Waals surface area contributed by atoms with Gasteiger partial charge in [0.2, 0.25) is 23.6 Å². The molecule has 1 saturated heterocycles. The maximum Gasteiger partial charge on any atom is 0.330 e. The van der Waals surface area contributed by atoms with Crippen molar-refractivity contribution in [3.63, 3.8) is 0 Å². The zero-order valence-electron chi connectivity index (χ0n) is 22.7. The zero-order valence-corrected chi connectivity index (χ0v) is 22.7. The minimum Gasteiger partial charge on any atom is -0.481 e. The molecule has 0 spiro atoms. The number of carboxylic acid groups (broad SMARTS) is 1. The van der Waals surface area contributed by atoms with Crippen molar-refractivity contribution in [3.8, 4) is 5.75 Å². The van der Waals surface area contributed by atoms with E-state index in [1.165, 1.54) is 17.0 Å². The smallest absolute Gasteiger partial charge is 0.330 e. The summed E-state index contributed by atoms with van der Waals surface area (Å²) >= 11 is 0. The SMILES string of the molecule is CC(C)[C@H](N)C(=O)N1CCC[C@H]1C(=O)NCC(=O)N[C@@H](CCC(=O)O)C(=O)NCC(=O)Oc1ccc([N+](=O)[O-])cc1. The predicted octanol–water partition coefficient (Wildman–Crippen LogP) is -0.943. The Morgan fingerprint density at radius 3 is 2.37 bits per heavy atom. The summed E-state index contributed by atoms with van der Waals surface area (Å²) in [5.74, 6) is -4.88. The molecule has 16 nitrogen and oxygen atoms in total. The van der Waals surface area contributed by atoms with Crippen molar-refractivity contribution >= 4 is 41.3 Å². The number of carbonyl (C=O) groups excluding carboxylic acids is 5. The van der Waals surface area contributed by atoms with E-state index in [4.69, 9.17) is 15.6 Å². The normalized spacial score (nSPS) is 15.9. The molecule has 0 bridgehead atoms.